The summed E-state index contributed by atoms with van der Waals surface area (Å²) >= 11 is 0. The van der Waals surface area contributed by atoms with Crippen molar-refractivity contribution in [3.8, 4) is 5.75 Å². The second-order valence-corrected chi connectivity index (χ2v) is 8.19. The molecule has 0 spiro atoms. The Kier molecular flexibility index (Phi) is 7.08. The van der Waals surface area contributed by atoms with Crippen molar-refractivity contribution in [2.24, 2.45) is 0 Å². The smallest absolute Gasteiger partial charge is 0.290 e. The molecule has 1 aliphatic rings. The molecule has 4 rings (SSSR count). The molecule has 0 bridgehead atoms. The molecule has 33 heavy (non-hydrogen) atoms. The number of nitrogens with zero attached hydrogens (tertiary/aromatic N) is 1. The van der Waals surface area contributed by atoms with Gasteiger partial charge in [-0.3, -0.25) is 9.59 Å². The molecule has 0 fully saturated rings. The van der Waals surface area contributed by atoms with Crippen molar-refractivity contribution >= 4 is 16.9 Å². The van der Waals surface area contributed by atoms with E-state index >= 15 is 0 Å². The van der Waals surface area contributed by atoms with E-state index in [9.17, 15) is 14.0 Å². The molecule has 1 amide bonds. The predicted octanol–water partition coefficient (Wildman–Crippen LogP) is 5.08. The van der Waals surface area contributed by atoms with Gasteiger partial charge in [0.05, 0.1) is 30.2 Å². The van der Waals surface area contributed by atoms with Gasteiger partial charge in [0.25, 0.3) is 5.91 Å². The third-order valence-electron chi connectivity index (χ3n) is 5.93. The fourth-order valence-electron chi connectivity index (χ4n) is 4.22. The molecule has 1 atom stereocenters. The highest BCUT2D eigenvalue weighted by Gasteiger charge is 2.42. The fraction of sp³-hybridized carbons (Fsp3) is 0.385. The molecule has 6 nitrogen and oxygen atoms in total. The van der Waals surface area contributed by atoms with E-state index in [1.54, 1.807) is 12.0 Å². The molecule has 174 valence electrons. The summed E-state index contributed by atoms with van der Waals surface area (Å²) in [5, 5.41) is 0.118. The Hall–Kier alpha value is -3.19. The Labute approximate surface area is 191 Å². The Bertz CT molecular complexity index is 1190. The first-order valence-electron chi connectivity index (χ1n) is 11.3. The van der Waals surface area contributed by atoms with Crippen LogP contribution in [-0.2, 0) is 4.74 Å². The minimum atomic E-state index is -0.648. The SMILES string of the molecule is CCCCCCOc1ccc(C2c3c(oc4ccc(F)cc4c3=O)C(=O)N2CCOC)cc1. The molecule has 0 N–H and O–H groups in total. The van der Waals surface area contributed by atoms with E-state index in [2.05, 4.69) is 6.92 Å². The summed E-state index contributed by atoms with van der Waals surface area (Å²) in [7, 11) is 1.55. The van der Waals surface area contributed by atoms with Crippen molar-refractivity contribution in [3.05, 3.63) is 75.4 Å². The van der Waals surface area contributed by atoms with Gasteiger partial charge in [0, 0.05) is 13.7 Å². The number of hydrogen-bond acceptors (Lipinski definition) is 5. The van der Waals surface area contributed by atoms with Gasteiger partial charge in [-0.25, -0.2) is 4.39 Å². The zero-order valence-corrected chi connectivity index (χ0v) is 18.9. The first-order valence-corrected chi connectivity index (χ1v) is 11.3. The zero-order valence-electron chi connectivity index (χ0n) is 18.9. The molecule has 2 heterocycles. The first kappa shape index (κ1) is 23.0. The predicted molar refractivity (Wildman–Crippen MR) is 123 cm³/mol. The van der Waals surface area contributed by atoms with Crippen molar-refractivity contribution in [1.82, 2.24) is 4.90 Å². The molecular formula is C26H28FNO5. The van der Waals surface area contributed by atoms with Crippen LogP contribution >= 0.6 is 0 Å². The van der Waals surface area contributed by atoms with Crippen LogP contribution in [0.15, 0.2) is 51.7 Å². The number of fused-ring (bicyclic) bond motifs is 2. The molecule has 7 heteroatoms. The number of rotatable bonds is 10. The Balaban J connectivity index is 1.69. The Morgan fingerprint density at radius 2 is 1.82 bits per heavy atom. The van der Waals surface area contributed by atoms with Gasteiger partial charge in [-0.2, -0.15) is 0 Å². The maximum absolute atomic E-state index is 13.8. The van der Waals surface area contributed by atoms with E-state index < -0.39 is 17.3 Å². The topological polar surface area (TPSA) is 69.0 Å². The van der Waals surface area contributed by atoms with Gasteiger partial charge in [0.15, 0.2) is 5.43 Å². The number of ether oxygens (including phenoxy) is 2. The van der Waals surface area contributed by atoms with Crippen molar-refractivity contribution in [3.63, 3.8) is 0 Å². The summed E-state index contributed by atoms with van der Waals surface area (Å²) in [5.74, 6) is -0.189. The highest BCUT2D eigenvalue weighted by atomic mass is 19.1. The van der Waals surface area contributed by atoms with Gasteiger partial charge < -0.3 is 18.8 Å². The number of hydrogen-bond donors (Lipinski definition) is 0. The molecule has 0 radical (unpaired) electrons. The lowest BCUT2D eigenvalue weighted by molar-refractivity contribution is 0.0663. The van der Waals surface area contributed by atoms with Crippen molar-refractivity contribution < 1.29 is 23.1 Å². The average Bonchev–Trinajstić information content (AvgIpc) is 3.10. The molecule has 0 saturated carbocycles. The average molecular weight is 454 g/mol. The van der Waals surface area contributed by atoms with E-state index in [0.717, 1.165) is 30.2 Å². The maximum atomic E-state index is 13.8. The molecular weight excluding hydrogens is 425 g/mol. The Morgan fingerprint density at radius 1 is 1.03 bits per heavy atom. The molecule has 1 aliphatic heterocycles. The van der Waals surface area contributed by atoms with Gasteiger partial charge in [-0.05, 0) is 42.3 Å². The number of amides is 1. The highest BCUT2D eigenvalue weighted by Crippen LogP contribution is 2.38. The van der Waals surface area contributed by atoms with E-state index in [0.29, 0.717) is 13.2 Å². The molecule has 1 aromatic heterocycles. The van der Waals surface area contributed by atoms with Gasteiger partial charge in [0.1, 0.15) is 17.1 Å². The monoisotopic (exact) mass is 453 g/mol. The van der Waals surface area contributed by atoms with Crippen LogP contribution in [0, 0.1) is 5.82 Å². The van der Waals surface area contributed by atoms with Crippen LogP contribution in [-0.4, -0.2) is 37.7 Å². The van der Waals surface area contributed by atoms with E-state index in [-0.39, 0.29) is 34.7 Å². The highest BCUT2D eigenvalue weighted by molar-refractivity contribution is 5.99. The van der Waals surface area contributed by atoms with Crippen LogP contribution in [0.3, 0.4) is 0 Å². The van der Waals surface area contributed by atoms with E-state index in [4.69, 9.17) is 13.9 Å². The molecule has 0 aliphatic carbocycles. The van der Waals surface area contributed by atoms with Crippen LogP contribution in [0.4, 0.5) is 4.39 Å². The van der Waals surface area contributed by atoms with Crippen LogP contribution in [0.2, 0.25) is 0 Å². The number of benzene rings is 2. The lowest BCUT2D eigenvalue weighted by atomic mass is 9.98. The summed E-state index contributed by atoms with van der Waals surface area (Å²) in [4.78, 5) is 28.1. The summed E-state index contributed by atoms with van der Waals surface area (Å²) in [6, 6.07) is 10.5. The van der Waals surface area contributed by atoms with Gasteiger partial charge in [-0.1, -0.05) is 38.3 Å². The van der Waals surface area contributed by atoms with Gasteiger partial charge in [0.2, 0.25) is 5.76 Å². The van der Waals surface area contributed by atoms with Crippen molar-refractivity contribution in [2.45, 2.75) is 38.6 Å². The summed E-state index contributed by atoms with van der Waals surface area (Å²) in [6.45, 7) is 3.40. The van der Waals surface area contributed by atoms with Crippen LogP contribution < -0.4 is 10.2 Å². The number of methoxy groups -OCH3 is 1. The molecule has 2 aromatic carbocycles. The number of unbranched alkanes of at least 4 members (excludes halogenated alkanes) is 3. The quantitative estimate of drug-likeness (QED) is 0.400. The largest absolute Gasteiger partial charge is 0.494 e. The summed E-state index contributed by atoms with van der Waals surface area (Å²) in [6.07, 6.45) is 4.49. The normalized spacial score (nSPS) is 15.3. The molecule has 1 unspecified atom stereocenters. The maximum Gasteiger partial charge on any atom is 0.290 e. The molecule has 0 saturated heterocycles. The minimum absolute atomic E-state index is 0.00328. The standard InChI is InChI=1S/C26H28FNO5/c1-3-4-5-6-14-32-19-10-7-17(8-11-19)23-22-24(29)20-16-18(27)9-12-21(20)33-25(22)26(30)28(23)13-15-31-2/h7-12,16,23H,3-6,13-15H2,1-2H3. The second-order valence-electron chi connectivity index (χ2n) is 8.19. The van der Waals surface area contributed by atoms with Crippen molar-refractivity contribution in [1.29, 1.82) is 0 Å². The van der Waals surface area contributed by atoms with Crippen molar-refractivity contribution in [2.75, 3.05) is 26.9 Å². The third kappa shape index (κ3) is 4.64. The fourth-order valence-corrected chi connectivity index (χ4v) is 4.22. The first-order chi connectivity index (χ1) is 16.0. The number of halogens is 1. The van der Waals surface area contributed by atoms with Gasteiger partial charge in [-0.15, -0.1) is 0 Å². The van der Waals surface area contributed by atoms with Crippen LogP contribution in [0.25, 0.3) is 11.0 Å². The van der Waals surface area contributed by atoms with E-state index in [1.807, 2.05) is 24.3 Å². The lowest BCUT2D eigenvalue weighted by Crippen LogP contribution is -2.32. The molecule has 3 aromatic rings. The zero-order chi connectivity index (χ0) is 23.4. The van der Waals surface area contributed by atoms with E-state index in [1.165, 1.54) is 25.0 Å². The lowest BCUT2D eigenvalue weighted by Gasteiger charge is -2.25. The summed E-state index contributed by atoms with van der Waals surface area (Å²) < 4.78 is 30.6. The summed E-state index contributed by atoms with van der Waals surface area (Å²) in [5.41, 5.74) is 0.759. The Morgan fingerprint density at radius 3 is 2.55 bits per heavy atom. The van der Waals surface area contributed by atoms with Crippen LogP contribution in [0.1, 0.15) is 60.3 Å². The third-order valence-corrected chi connectivity index (χ3v) is 5.93. The minimum Gasteiger partial charge on any atom is -0.494 e. The number of carbonyl (C=O) groups excluding carboxylic acids is 1. The second kappa shape index (κ2) is 10.2. The van der Waals surface area contributed by atoms with Gasteiger partial charge >= 0.3 is 0 Å². The van der Waals surface area contributed by atoms with Crippen LogP contribution in [0.5, 0.6) is 5.75 Å². The number of carbonyl (C=O) groups is 1.